The molecule has 48 heavy (non-hydrogen) atoms. The molecule has 1 heterocycles. The number of hydrogen-bond acceptors (Lipinski definition) is 3. The van der Waals surface area contributed by atoms with Gasteiger partial charge in [-0.3, -0.25) is 0 Å². The van der Waals surface area contributed by atoms with Gasteiger partial charge in [-0.15, -0.1) is 0 Å². The van der Waals surface area contributed by atoms with Gasteiger partial charge < -0.3 is 15.8 Å². The van der Waals surface area contributed by atoms with Crippen LogP contribution in [-0.2, 0) is 0 Å². The van der Waals surface area contributed by atoms with Gasteiger partial charge in [0, 0.05) is 28.4 Å². The Morgan fingerprint density at radius 1 is 0.708 bits per heavy atom. The summed E-state index contributed by atoms with van der Waals surface area (Å²) in [5.74, 6) is 1.65. The van der Waals surface area contributed by atoms with E-state index in [-0.39, 0.29) is 0 Å². The fraction of sp³-hybridized carbons (Fsp3) is 0.0667. The first-order valence-corrected chi connectivity index (χ1v) is 16.3. The average molecular weight is 625 g/mol. The Bertz CT molecular complexity index is 2080. The predicted molar refractivity (Wildman–Crippen MR) is 206 cm³/mol. The summed E-state index contributed by atoms with van der Waals surface area (Å²) in [5, 5.41) is 3.71. The number of benzene rings is 5. The van der Waals surface area contributed by atoms with Gasteiger partial charge in [-0.1, -0.05) is 140 Å². The quantitative estimate of drug-likeness (QED) is 0.174. The molecule has 0 amide bonds. The molecule has 0 aromatic heterocycles. The Labute approximate surface area is 284 Å². The van der Waals surface area contributed by atoms with E-state index in [1.807, 2.05) is 37.3 Å². The SMILES string of the molecule is C=C(/C=C\C=C/C)c1cc2c(cc1Nc1ccc(/C(=C3/C=CC=CC3)c3ccccc3)cc1)Oc1ccccc1-c1ccccc1-2.CN. The fourth-order valence-electron chi connectivity index (χ4n) is 6.18. The van der Waals surface area contributed by atoms with Gasteiger partial charge in [0.2, 0.25) is 0 Å². The summed E-state index contributed by atoms with van der Waals surface area (Å²) in [6.45, 7) is 6.48. The lowest BCUT2D eigenvalue weighted by Crippen LogP contribution is -1.99. The minimum atomic E-state index is 0.804. The zero-order valence-corrected chi connectivity index (χ0v) is 27.5. The minimum absolute atomic E-state index is 0.804. The predicted octanol–water partition coefficient (Wildman–Crippen LogP) is 11.9. The second-order valence-electron chi connectivity index (χ2n) is 11.4. The van der Waals surface area contributed by atoms with E-state index in [1.54, 1.807) is 0 Å². The summed E-state index contributed by atoms with van der Waals surface area (Å²) in [6.07, 6.45) is 17.7. The summed E-state index contributed by atoms with van der Waals surface area (Å²) < 4.78 is 6.65. The third-order valence-corrected chi connectivity index (χ3v) is 8.40. The van der Waals surface area contributed by atoms with Gasteiger partial charge in [-0.2, -0.15) is 0 Å². The summed E-state index contributed by atoms with van der Waals surface area (Å²) in [7, 11) is 1.50. The highest BCUT2D eigenvalue weighted by Crippen LogP contribution is 2.49. The molecular formula is C45H40N2O. The lowest BCUT2D eigenvalue weighted by atomic mass is 9.90. The fourth-order valence-corrected chi connectivity index (χ4v) is 6.18. The van der Waals surface area contributed by atoms with Crippen molar-refractivity contribution in [3.63, 3.8) is 0 Å². The van der Waals surface area contributed by atoms with Crippen molar-refractivity contribution < 1.29 is 4.74 Å². The van der Waals surface area contributed by atoms with Gasteiger partial charge in [0.05, 0.1) is 5.69 Å². The highest BCUT2D eigenvalue weighted by molar-refractivity contribution is 5.95. The number of nitrogens with one attached hydrogen (secondary N) is 1. The van der Waals surface area contributed by atoms with E-state index in [0.717, 1.165) is 62.7 Å². The van der Waals surface area contributed by atoms with E-state index in [4.69, 9.17) is 4.74 Å². The van der Waals surface area contributed by atoms with E-state index in [9.17, 15) is 0 Å². The number of anilines is 2. The normalized spacial score (nSPS) is 13.8. The second kappa shape index (κ2) is 15.1. The molecule has 0 saturated heterocycles. The lowest BCUT2D eigenvalue weighted by Gasteiger charge is -2.19. The first-order valence-electron chi connectivity index (χ1n) is 16.3. The third-order valence-electron chi connectivity index (χ3n) is 8.40. The van der Waals surface area contributed by atoms with Crippen molar-refractivity contribution in [1.82, 2.24) is 0 Å². The maximum Gasteiger partial charge on any atom is 0.137 e. The second-order valence-corrected chi connectivity index (χ2v) is 11.4. The molecule has 0 saturated carbocycles. The maximum atomic E-state index is 6.65. The zero-order chi connectivity index (χ0) is 33.3. The molecule has 2 aliphatic rings. The van der Waals surface area contributed by atoms with Crippen LogP contribution in [0.1, 0.15) is 30.0 Å². The minimum Gasteiger partial charge on any atom is -0.456 e. The van der Waals surface area contributed by atoms with Crippen molar-refractivity contribution in [2.45, 2.75) is 13.3 Å². The van der Waals surface area contributed by atoms with Crippen LogP contribution in [0, 0.1) is 0 Å². The molecule has 0 fully saturated rings. The maximum absolute atomic E-state index is 6.65. The number of rotatable bonds is 7. The first-order chi connectivity index (χ1) is 23.7. The highest BCUT2D eigenvalue weighted by atomic mass is 16.5. The third kappa shape index (κ3) is 6.78. The summed E-state index contributed by atoms with van der Waals surface area (Å²) in [6, 6.07) is 40.4. The van der Waals surface area contributed by atoms with Gasteiger partial charge in [0.25, 0.3) is 0 Å². The van der Waals surface area contributed by atoms with E-state index in [2.05, 4.69) is 151 Å². The molecule has 1 aliphatic heterocycles. The Balaban J connectivity index is 0.00000197. The van der Waals surface area contributed by atoms with Crippen molar-refractivity contribution >= 4 is 22.5 Å². The molecule has 5 aromatic carbocycles. The topological polar surface area (TPSA) is 47.3 Å². The smallest absolute Gasteiger partial charge is 0.137 e. The van der Waals surface area contributed by atoms with Crippen LogP contribution in [0.15, 0.2) is 176 Å². The number of hydrogen-bond donors (Lipinski definition) is 2. The van der Waals surface area contributed by atoms with E-state index < -0.39 is 0 Å². The molecule has 5 aromatic rings. The summed E-state index contributed by atoms with van der Waals surface area (Å²) >= 11 is 0. The largest absolute Gasteiger partial charge is 0.456 e. The monoisotopic (exact) mass is 624 g/mol. The number of allylic oxidation sites excluding steroid dienone is 10. The van der Waals surface area contributed by atoms with E-state index in [1.165, 1.54) is 29.3 Å². The van der Waals surface area contributed by atoms with Crippen molar-refractivity contribution in [2.75, 3.05) is 12.4 Å². The molecular weight excluding hydrogens is 585 g/mol. The van der Waals surface area contributed by atoms with E-state index in [0.29, 0.717) is 0 Å². The molecule has 236 valence electrons. The number of ether oxygens (including phenoxy) is 1. The molecule has 0 unspecified atom stereocenters. The highest BCUT2D eigenvalue weighted by Gasteiger charge is 2.23. The van der Waals surface area contributed by atoms with Gasteiger partial charge in [0.15, 0.2) is 0 Å². The Morgan fingerprint density at radius 2 is 1.38 bits per heavy atom. The van der Waals surface area contributed by atoms with Gasteiger partial charge in [-0.25, -0.2) is 0 Å². The summed E-state index contributed by atoms with van der Waals surface area (Å²) in [4.78, 5) is 0. The lowest BCUT2D eigenvalue weighted by molar-refractivity contribution is 0.488. The molecule has 0 bridgehead atoms. The molecule has 7 rings (SSSR count). The standard InChI is InChI=1S/C44H35NO.CH5N/c1-3-4-7-16-31(2)39-29-40-37-22-13-12-21-36(37)38-23-14-15-24-42(38)46-43(40)30-41(39)45-35-27-25-34(26-28-35)44(32-17-8-5-9-18-32)33-19-10-6-11-20-33;1-2/h3-19,21-30,45H,2,20H2,1H3;2H2,1H3/b4-3-,16-7-,44-33-;. The molecule has 0 radical (unpaired) electrons. The summed E-state index contributed by atoms with van der Waals surface area (Å²) in [5.41, 5.74) is 17.7. The molecule has 3 heteroatoms. The molecule has 3 nitrogen and oxygen atoms in total. The molecule has 0 spiro atoms. The molecule has 0 atom stereocenters. The van der Waals surface area contributed by atoms with Crippen molar-refractivity contribution in [3.05, 3.63) is 193 Å². The van der Waals surface area contributed by atoms with Crippen LogP contribution in [0.4, 0.5) is 11.4 Å². The Hall–Kier alpha value is -5.90. The van der Waals surface area contributed by atoms with Crippen LogP contribution in [0.3, 0.4) is 0 Å². The Morgan fingerprint density at radius 3 is 2.08 bits per heavy atom. The van der Waals surface area contributed by atoms with Gasteiger partial charge in [-0.05, 0) is 83.6 Å². The van der Waals surface area contributed by atoms with Crippen LogP contribution >= 0.6 is 0 Å². The van der Waals surface area contributed by atoms with Crippen LogP contribution in [0.5, 0.6) is 11.5 Å². The van der Waals surface area contributed by atoms with Crippen molar-refractivity contribution in [3.8, 4) is 33.8 Å². The number of fused-ring (bicyclic) bond motifs is 5. The van der Waals surface area contributed by atoms with Crippen molar-refractivity contribution in [2.24, 2.45) is 5.73 Å². The molecule has 1 aliphatic carbocycles. The zero-order valence-electron chi connectivity index (χ0n) is 27.5. The first kappa shape index (κ1) is 32.1. The van der Waals surface area contributed by atoms with Gasteiger partial charge in [0.1, 0.15) is 11.5 Å². The van der Waals surface area contributed by atoms with Crippen LogP contribution in [-0.4, -0.2) is 7.05 Å². The number of para-hydroxylation sites is 1. The van der Waals surface area contributed by atoms with Crippen molar-refractivity contribution in [1.29, 1.82) is 0 Å². The van der Waals surface area contributed by atoms with Gasteiger partial charge >= 0.3 is 0 Å². The van der Waals surface area contributed by atoms with Crippen LogP contribution < -0.4 is 15.8 Å². The van der Waals surface area contributed by atoms with Crippen LogP contribution in [0.2, 0.25) is 0 Å². The number of nitrogens with two attached hydrogens (primary N) is 1. The van der Waals surface area contributed by atoms with Crippen LogP contribution in [0.25, 0.3) is 33.4 Å². The average Bonchev–Trinajstić information content (AvgIpc) is 3.28. The van der Waals surface area contributed by atoms with E-state index >= 15 is 0 Å². The molecule has 3 N–H and O–H groups in total. The Kier molecular flexibility index (Phi) is 10.1.